The van der Waals surface area contributed by atoms with Crippen LogP contribution in [0.5, 0.6) is 0 Å². The number of hydrogen-bond donors (Lipinski definition) is 0. The Hall–Kier alpha value is -1.91. The highest BCUT2D eigenvalue weighted by molar-refractivity contribution is 7.92. The normalized spacial score (nSPS) is 12.2. The molecule has 0 saturated heterocycles. The Balaban J connectivity index is 2.13. The molecular formula is C18H21NO2S. The van der Waals surface area contributed by atoms with Gasteiger partial charge in [0.1, 0.15) is 0 Å². The smallest absolute Gasteiger partial charge is 0.208 e. The molecule has 0 unspecified atom stereocenters. The Bertz CT molecular complexity index is 765. The number of hydrogen-bond acceptors (Lipinski definition) is 2. The fourth-order valence-corrected chi connectivity index (χ4v) is 3.04. The second-order valence-electron chi connectivity index (χ2n) is 5.44. The lowest BCUT2D eigenvalue weighted by atomic mass is 10.1. The molecule has 0 bridgehead atoms. The van der Waals surface area contributed by atoms with Crippen molar-refractivity contribution in [2.45, 2.75) is 20.4 Å². The number of aryl methyl sites for hydroxylation is 2. The van der Waals surface area contributed by atoms with Gasteiger partial charge >= 0.3 is 0 Å². The van der Waals surface area contributed by atoms with Crippen molar-refractivity contribution in [3.63, 3.8) is 0 Å². The topological polar surface area (TPSA) is 37.4 Å². The molecule has 0 amide bonds. The molecule has 0 spiro atoms. The standard InChI is InChI=1S/C18H21NO2S/c1-15-9-10-18(16(2)13-15)14-19(3)22(20,21)12-11-17-7-5-4-6-8-17/h4-13H,14H2,1-3H3/b12-11+. The molecule has 0 aromatic heterocycles. The molecule has 0 aliphatic rings. The van der Waals surface area contributed by atoms with E-state index in [1.807, 2.05) is 56.3 Å². The van der Waals surface area contributed by atoms with E-state index in [4.69, 9.17) is 0 Å². The number of nitrogens with zero attached hydrogens (tertiary/aromatic N) is 1. The summed E-state index contributed by atoms with van der Waals surface area (Å²) in [6.07, 6.45) is 1.62. The van der Waals surface area contributed by atoms with E-state index in [1.165, 1.54) is 15.3 Å². The summed E-state index contributed by atoms with van der Waals surface area (Å²) >= 11 is 0. The van der Waals surface area contributed by atoms with Crippen molar-refractivity contribution >= 4 is 16.1 Å². The highest BCUT2D eigenvalue weighted by Crippen LogP contribution is 2.15. The molecule has 2 aromatic carbocycles. The van der Waals surface area contributed by atoms with Crippen molar-refractivity contribution in [2.24, 2.45) is 0 Å². The van der Waals surface area contributed by atoms with Crippen LogP contribution in [-0.2, 0) is 16.6 Å². The zero-order valence-corrected chi connectivity index (χ0v) is 14.0. The average molecular weight is 315 g/mol. The van der Waals surface area contributed by atoms with Gasteiger partial charge in [0.05, 0.1) is 0 Å². The molecule has 0 heterocycles. The van der Waals surface area contributed by atoms with Crippen molar-refractivity contribution in [1.82, 2.24) is 4.31 Å². The van der Waals surface area contributed by atoms with Gasteiger partial charge in [-0.3, -0.25) is 0 Å². The van der Waals surface area contributed by atoms with Crippen molar-refractivity contribution in [1.29, 1.82) is 0 Å². The van der Waals surface area contributed by atoms with Crippen molar-refractivity contribution in [2.75, 3.05) is 7.05 Å². The van der Waals surface area contributed by atoms with Crippen LogP contribution in [0.3, 0.4) is 0 Å². The van der Waals surface area contributed by atoms with Crippen LogP contribution in [0.1, 0.15) is 22.3 Å². The third-order valence-corrected chi connectivity index (χ3v) is 5.04. The van der Waals surface area contributed by atoms with E-state index >= 15 is 0 Å². The van der Waals surface area contributed by atoms with Crippen LogP contribution in [0, 0.1) is 13.8 Å². The maximum atomic E-state index is 12.3. The molecule has 22 heavy (non-hydrogen) atoms. The first kappa shape index (κ1) is 16.5. The predicted octanol–water partition coefficient (Wildman–Crippen LogP) is 3.74. The fraction of sp³-hybridized carbons (Fsp3) is 0.222. The van der Waals surface area contributed by atoms with E-state index in [0.29, 0.717) is 6.54 Å². The van der Waals surface area contributed by atoms with Crippen LogP contribution in [0.2, 0.25) is 0 Å². The Morgan fingerprint density at radius 2 is 1.73 bits per heavy atom. The molecule has 116 valence electrons. The van der Waals surface area contributed by atoms with Crippen molar-refractivity contribution < 1.29 is 8.42 Å². The van der Waals surface area contributed by atoms with Gasteiger partial charge in [-0.25, -0.2) is 8.42 Å². The molecule has 3 nitrogen and oxygen atoms in total. The van der Waals surface area contributed by atoms with Gasteiger partial charge in [-0.2, -0.15) is 4.31 Å². The molecule has 0 N–H and O–H groups in total. The summed E-state index contributed by atoms with van der Waals surface area (Å²) < 4.78 is 26.0. The van der Waals surface area contributed by atoms with Crippen molar-refractivity contribution in [3.8, 4) is 0 Å². The summed E-state index contributed by atoms with van der Waals surface area (Å²) in [5.74, 6) is 0. The van der Waals surface area contributed by atoms with E-state index in [-0.39, 0.29) is 0 Å². The van der Waals surface area contributed by atoms with E-state index in [1.54, 1.807) is 13.1 Å². The zero-order valence-electron chi connectivity index (χ0n) is 13.2. The average Bonchev–Trinajstić information content (AvgIpc) is 2.49. The Kier molecular flexibility index (Phi) is 5.16. The van der Waals surface area contributed by atoms with Crippen LogP contribution >= 0.6 is 0 Å². The molecule has 0 fully saturated rings. The molecule has 0 radical (unpaired) electrons. The van der Waals surface area contributed by atoms with E-state index < -0.39 is 10.0 Å². The molecule has 0 aliphatic carbocycles. The minimum absolute atomic E-state index is 0.369. The molecule has 0 saturated carbocycles. The van der Waals surface area contributed by atoms with E-state index in [2.05, 4.69) is 6.07 Å². The van der Waals surface area contributed by atoms with Gasteiger partial charge < -0.3 is 0 Å². The number of rotatable bonds is 5. The minimum Gasteiger partial charge on any atom is -0.208 e. The largest absolute Gasteiger partial charge is 0.236 e. The first-order valence-corrected chi connectivity index (χ1v) is 8.64. The van der Waals surface area contributed by atoms with E-state index in [0.717, 1.165) is 16.7 Å². The minimum atomic E-state index is -3.43. The summed E-state index contributed by atoms with van der Waals surface area (Å²) in [7, 11) is -1.83. The second-order valence-corrected chi connectivity index (χ2v) is 7.37. The first-order chi connectivity index (χ1) is 10.4. The summed E-state index contributed by atoms with van der Waals surface area (Å²) in [5.41, 5.74) is 4.17. The number of benzene rings is 2. The van der Waals surface area contributed by atoms with E-state index in [9.17, 15) is 8.42 Å². The summed E-state index contributed by atoms with van der Waals surface area (Å²) in [6.45, 7) is 4.40. The monoisotopic (exact) mass is 315 g/mol. The summed E-state index contributed by atoms with van der Waals surface area (Å²) in [6, 6.07) is 15.5. The summed E-state index contributed by atoms with van der Waals surface area (Å²) in [5, 5.41) is 1.26. The lowest BCUT2D eigenvalue weighted by molar-refractivity contribution is 0.474. The van der Waals surface area contributed by atoms with Gasteiger partial charge in [0.2, 0.25) is 10.0 Å². The molecule has 4 heteroatoms. The number of sulfonamides is 1. The van der Waals surface area contributed by atoms with Crippen LogP contribution in [0.15, 0.2) is 53.9 Å². The maximum absolute atomic E-state index is 12.3. The molecule has 2 aromatic rings. The van der Waals surface area contributed by atoms with Gasteiger partial charge in [0, 0.05) is 19.0 Å². The lowest BCUT2D eigenvalue weighted by Gasteiger charge is -2.16. The molecular weight excluding hydrogens is 294 g/mol. The highest BCUT2D eigenvalue weighted by atomic mass is 32.2. The van der Waals surface area contributed by atoms with Crippen LogP contribution in [-0.4, -0.2) is 19.8 Å². The Morgan fingerprint density at radius 3 is 2.36 bits per heavy atom. The summed E-state index contributed by atoms with van der Waals surface area (Å²) in [4.78, 5) is 0. The molecule has 0 aliphatic heterocycles. The second kappa shape index (κ2) is 6.90. The van der Waals surface area contributed by atoms with Crippen LogP contribution in [0.25, 0.3) is 6.08 Å². The van der Waals surface area contributed by atoms with Crippen molar-refractivity contribution in [3.05, 3.63) is 76.2 Å². The lowest BCUT2D eigenvalue weighted by Crippen LogP contribution is -2.24. The molecule has 0 atom stereocenters. The van der Waals surface area contributed by atoms with Crippen LogP contribution < -0.4 is 0 Å². The first-order valence-electron chi connectivity index (χ1n) is 7.14. The van der Waals surface area contributed by atoms with Gasteiger partial charge in [0.15, 0.2) is 0 Å². The molecule has 2 rings (SSSR count). The predicted molar refractivity (Wildman–Crippen MR) is 91.8 cm³/mol. The quantitative estimate of drug-likeness (QED) is 0.843. The third-order valence-electron chi connectivity index (χ3n) is 3.56. The SMILES string of the molecule is Cc1ccc(CN(C)S(=O)(=O)/C=C/c2ccccc2)c(C)c1. The fourth-order valence-electron chi connectivity index (χ4n) is 2.19. The Labute approximate surface area is 133 Å². The third kappa shape index (κ3) is 4.29. The van der Waals surface area contributed by atoms with Crippen LogP contribution in [0.4, 0.5) is 0 Å². The van der Waals surface area contributed by atoms with Gasteiger partial charge in [0.25, 0.3) is 0 Å². The van der Waals surface area contributed by atoms with Gasteiger partial charge in [-0.15, -0.1) is 0 Å². The highest BCUT2D eigenvalue weighted by Gasteiger charge is 2.15. The maximum Gasteiger partial charge on any atom is 0.236 e. The zero-order chi connectivity index (χ0) is 16.2. The van der Waals surface area contributed by atoms with Gasteiger partial charge in [-0.1, -0.05) is 54.1 Å². The van der Waals surface area contributed by atoms with Gasteiger partial charge in [-0.05, 0) is 36.6 Å². The Morgan fingerprint density at radius 1 is 1.05 bits per heavy atom.